The Morgan fingerprint density at radius 2 is 2.07 bits per heavy atom. The molecule has 0 atom stereocenters. The highest BCUT2D eigenvalue weighted by Crippen LogP contribution is 2.21. The minimum atomic E-state index is 0.906. The third kappa shape index (κ3) is 7.26. The number of hydrogen-bond acceptors (Lipinski definition) is 2. The van der Waals surface area contributed by atoms with Crippen LogP contribution >= 0.6 is 0 Å². The molecule has 0 spiro atoms. The normalized spacial score (nSPS) is 13.9. The van der Waals surface area contributed by atoms with Crippen LogP contribution in [0.3, 0.4) is 0 Å². The van der Waals surface area contributed by atoms with Crippen LogP contribution in [-0.2, 0) is 6.42 Å². The van der Waals surface area contributed by atoms with Crippen LogP contribution in [0, 0.1) is 6.92 Å². The SMILES string of the molecule is C=CN(/C=C\C)CCCNC(=C)c1ccc(C)c(CCC2=CCCC=CC2)c1. The third-order valence-corrected chi connectivity index (χ3v) is 5.23. The Morgan fingerprint density at radius 1 is 1.21 bits per heavy atom. The summed E-state index contributed by atoms with van der Waals surface area (Å²) >= 11 is 0. The summed E-state index contributed by atoms with van der Waals surface area (Å²) in [5.41, 5.74) is 6.58. The number of rotatable bonds is 11. The van der Waals surface area contributed by atoms with E-state index >= 15 is 0 Å². The van der Waals surface area contributed by atoms with Gasteiger partial charge in [-0.05, 0) is 87.5 Å². The minimum absolute atomic E-state index is 0.906. The third-order valence-electron chi connectivity index (χ3n) is 5.23. The molecule has 1 aromatic rings. The zero-order valence-electron chi connectivity index (χ0n) is 17.7. The quantitative estimate of drug-likeness (QED) is 0.349. The molecule has 1 aliphatic rings. The summed E-state index contributed by atoms with van der Waals surface area (Å²) in [7, 11) is 0. The Bertz CT molecular complexity index is 737. The van der Waals surface area contributed by atoms with Gasteiger partial charge in [-0.2, -0.15) is 0 Å². The van der Waals surface area contributed by atoms with Crippen LogP contribution in [0.5, 0.6) is 0 Å². The molecule has 1 N–H and O–H groups in total. The van der Waals surface area contributed by atoms with Gasteiger partial charge in [-0.25, -0.2) is 0 Å². The van der Waals surface area contributed by atoms with E-state index in [0.29, 0.717) is 0 Å². The van der Waals surface area contributed by atoms with Gasteiger partial charge in [0, 0.05) is 18.8 Å². The lowest BCUT2D eigenvalue weighted by Crippen LogP contribution is -2.19. The van der Waals surface area contributed by atoms with Gasteiger partial charge in [0.25, 0.3) is 0 Å². The molecule has 0 saturated heterocycles. The smallest absolute Gasteiger partial charge is 0.0340 e. The molecule has 28 heavy (non-hydrogen) atoms. The van der Waals surface area contributed by atoms with Crippen molar-refractivity contribution < 1.29 is 0 Å². The highest BCUT2D eigenvalue weighted by Gasteiger charge is 2.06. The van der Waals surface area contributed by atoms with Crippen LogP contribution in [-0.4, -0.2) is 18.0 Å². The summed E-state index contributed by atoms with van der Waals surface area (Å²) in [5, 5.41) is 3.48. The van der Waals surface area contributed by atoms with Crippen molar-refractivity contribution in [1.82, 2.24) is 10.2 Å². The zero-order chi connectivity index (χ0) is 20.2. The number of nitrogens with zero attached hydrogens (tertiary/aromatic N) is 1. The zero-order valence-corrected chi connectivity index (χ0v) is 17.7. The van der Waals surface area contributed by atoms with E-state index in [-0.39, 0.29) is 0 Å². The minimum Gasteiger partial charge on any atom is -0.385 e. The summed E-state index contributed by atoms with van der Waals surface area (Å²) < 4.78 is 0. The van der Waals surface area contributed by atoms with Gasteiger partial charge >= 0.3 is 0 Å². The van der Waals surface area contributed by atoms with Gasteiger partial charge in [-0.3, -0.25) is 0 Å². The van der Waals surface area contributed by atoms with Crippen molar-refractivity contribution in [2.75, 3.05) is 13.1 Å². The molecular weight excluding hydrogens is 340 g/mol. The van der Waals surface area contributed by atoms with E-state index in [2.05, 4.69) is 66.7 Å². The Labute approximate surface area is 172 Å². The first-order chi connectivity index (χ1) is 13.6. The first kappa shape index (κ1) is 21.8. The fourth-order valence-corrected chi connectivity index (χ4v) is 3.47. The molecule has 0 aromatic heterocycles. The number of aryl methyl sites for hydroxylation is 2. The van der Waals surface area contributed by atoms with E-state index in [1.807, 2.05) is 25.4 Å². The van der Waals surface area contributed by atoms with E-state index in [1.54, 1.807) is 5.57 Å². The van der Waals surface area contributed by atoms with E-state index in [0.717, 1.165) is 44.5 Å². The molecule has 0 amide bonds. The average Bonchev–Trinajstić information content (AvgIpc) is 2.98. The molecule has 0 radical (unpaired) electrons. The lowest BCUT2D eigenvalue weighted by Gasteiger charge is -2.16. The molecule has 0 saturated carbocycles. The van der Waals surface area contributed by atoms with Crippen molar-refractivity contribution in [2.45, 2.75) is 52.4 Å². The Hall–Kier alpha value is -2.48. The molecule has 2 heteroatoms. The van der Waals surface area contributed by atoms with Gasteiger partial charge in [0.2, 0.25) is 0 Å². The fourth-order valence-electron chi connectivity index (χ4n) is 3.47. The maximum absolute atomic E-state index is 4.25. The van der Waals surface area contributed by atoms with Crippen LogP contribution in [0.1, 0.15) is 55.7 Å². The maximum atomic E-state index is 4.25. The Morgan fingerprint density at radius 3 is 2.86 bits per heavy atom. The predicted molar refractivity (Wildman–Crippen MR) is 124 cm³/mol. The van der Waals surface area contributed by atoms with Gasteiger partial charge < -0.3 is 10.2 Å². The number of hydrogen-bond donors (Lipinski definition) is 1. The second-order valence-electron chi connectivity index (χ2n) is 7.42. The van der Waals surface area contributed by atoms with Crippen LogP contribution in [0.25, 0.3) is 5.70 Å². The van der Waals surface area contributed by atoms with Gasteiger partial charge in [0.1, 0.15) is 0 Å². The van der Waals surface area contributed by atoms with Crippen molar-refractivity contribution in [1.29, 1.82) is 0 Å². The van der Waals surface area contributed by atoms with Gasteiger partial charge in [-0.15, -0.1) is 0 Å². The Kier molecular flexibility index (Phi) is 9.41. The molecule has 2 rings (SSSR count). The number of benzene rings is 1. The monoisotopic (exact) mass is 376 g/mol. The van der Waals surface area contributed by atoms with Crippen LogP contribution < -0.4 is 5.32 Å². The summed E-state index contributed by atoms with van der Waals surface area (Å²) in [4.78, 5) is 2.10. The molecule has 1 aromatic carbocycles. The van der Waals surface area contributed by atoms with Crippen molar-refractivity contribution in [3.63, 3.8) is 0 Å². The molecule has 1 aliphatic carbocycles. The topological polar surface area (TPSA) is 15.3 Å². The lowest BCUT2D eigenvalue weighted by atomic mass is 9.96. The van der Waals surface area contributed by atoms with Crippen LogP contribution in [0.2, 0.25) is 0 Å². The molecule has 0 aliphatic heterocycles. The van der Waals surface area contributed by atoms with Crippen molar-refractivity contribution in [2.24, 2.45) is 0 Å². The van der Waals surface area contributed by atoms with E-state index in [1.165, 1.54) is 29.5 Å². The molecule has 0 heterocycles. The summed E-state index contributed by atoms with van der Waals surface area (Å²) in [5.74, 6) is 0. The molecule has 0 unspecified atom stereocenters. The Balaban J connectivity index is 1.86. The molecule has 150 valence electrons. The fraction of sp³-hybridized carbons (Fsp3) is 0.385. The van der Waals surface area contributed by atoms with Crippen LogP contribution in [0.15, 0.2) is 73.6 Å². The second-order valence-corrected chi connectivity index (χ2v) is 7.42. The summed E-state index contributed by atoms with van der Waals surface area (Å²) in [6.45, 7) is 14.2. The first-order valence-electron chi connectivity index (χ1n) is 10.5. The summed E-state index contributed by atoms with van der Waals surface area (Å²) in [6.07, 6.45) is 19.8. The average molecular weight is 377 g/mol. The van der Waals surface area contributed by atoms with Crippen molar-refractivity contribution in [3.05, 3.63) is 90.3 Å². The maximum Gasteiger partial charge on any atom is 0.0340 e. The molecule has 0 fully saturated rings. The van der Waals surface area contributed by atoms with Crippen molar-refractivity contribution in [3.8, 4) is 0 Å². The van der Waals surface area contributed by atoms with Gasteiger partial charge in [0.05, 0.1) is 0 Å². The second kappa shape index (κ2) is 12.1. The number of nitrogens with one attached hydrogen (secondary N) is 1. The standard InChI is InChI=1S/C26H36N2/c1-5-19-28(6-2)20-11-18-27-23(4)26-16-14-22(3)25(21-26)17-15-24-12-9-7-8-10-13-24/h5-7,9,13-14,16,19,21,27H,2,4,8,10-12,15,17-18,20H2,1,3H3/b19-5-. The molecular formula is C26H36N2. The van der Waals surface area contributed by atoms with Gasteiger partial charge in [0.15, 0.2) is 0 Å². The van der Waals surface area contributed by atoms with Crippen molar-refractivity contribution >= 4 is 5.70 Å². The highest BCUT2D eigenvalue weighted by atomic mass is 15.1. The van der Waals surface area contributed by atoms with E-state index in [4.69, 9.17) is 0 Å². The molecule has 0 bridgehead atoms. The van der Waals surface area contributed by atoms with E-state index in [9.17, 15) is 0 Å². The lowest BCUT2D eigenvalue weighted by molar-refractivity contribution is 0.487. The van der Waals surface area contributed by atoms with Crippen LogP contribution in [0.4, 0.5) is 0 Å². The number of allylic oxidation sites excluding steroid dienone is 5. The molecule has 2 nitrogen and oxygen atoms in total. The van der Waals surface area contributed by atoms with Gasteiger partial charge in [-0.1, -0.05) is 55.2 Å². The predicted octanol–water partition coefficient (Wildman–Crippen LogP) is 6.52. The summed E-state index contributed by atoms with van der Waals surface area (Å²) in [6, 6.07) is 6.72. The largest absolute Gasteiger partial charge is 0.385 e. The highest BCUT2D eigenvalue weighted by molar-refractivity contribution is 5.62. The van der Waals surface area contributed by atoms with E-state index < -0.39 is 0 Å². The first-order valence-corrected chi connectivity index (χ1v) is 10.5.